The number of nitrogens with one attached hydrogen (secondary N) is 2. The van der Waals surface area contributed by atoms with Crippen molar-refractivity contribution in [3.05, 3.63) is 23.9 Å². The summed E-state index contributed by atoms with van der Waals surface area (Å²) in [4.78, 5) is 8.52. The highest BCUT2D eigenvalue weighted by molar-refractivity contribution is 7.90. The molecule has 0 bridgehead atoms. The molecule has 1 aromatic heterocycles. The first-order valence-corrected chi connectivity index (χ1v) is 10.7. The van der Waals surface area contributed by atoms with Crippen molar-refractivity contribution in [2.45, 2.75) is 31.8 Å². The highest BCUT2D eigenvalue weighted by Gasteiger charge is 2.50. The highest BCUT2D eigenvalue weighted by Crippen LogP contribution is 2.30. The van der Waals surface area contributed by atoms with Crippen LogP contribution in [0.3, 0.4) is 0 Å². The third-order valence-corrected chi connectivity index (χ3v) is 6.17. The molecule has 0 aliphatic carbocycles. The van der Waals surface area contributed by atoms with Gasteiger partial charge in [0.05, 0.1) is 13.7 Å². The predicted molar refractivity (Wildman–Crippen MR) is 103 cm³/mol. The minimum Gasteiger partial charge on any atom is -0.481 e. The molecule has 1 fully saturated rings. The Morgan fingerprint density at radius 3 is 2.62 bits per heavy atom. The maximum Gasteiger partial charge on any atom is 0.511 e. The number of ether oxygens (including phenoxy) is 1. The van der Waals surface area contributed by atoms with Crippen LogP contribution in [0.1, 0.15) is 25.3 Å². The van der Waals surface area contributed by atoms with Gasteiger partial charge in [-0.2, -0.15) is 17.5 Å². The summed E-state index contributed by atoms with van der Waals surface area (Å²) in [5.74, 6) is 1.13. The maximum atomic E-state index is 12.6. The zero-order valence-electron chi connectivity index (χ0n) is 16.4. The lowest BCUT2D eigenvalue weighted by molar-refractivity contribution is -0.0496. The maximum absolute atomic E-state index is 12.6. The average molecular weight is 437 g/mol. The molecule has 1 aliphatic rings. The van der Waals surface area contributed by atoms with Crippen LogP contribution in [0.4, 0.5) is 13.2 Å². The Labute approximate surface area is 168 Å². The van der Waals surface area contributed by atoms with E-state index >= 15 is 0 Å². The van der Waals surface area contributed by atoms with E-state index in [1.54, 1.807) is 12.3 Å². The van der Waals surface area contributed by atoms with Crippen LogP contribution in [0.2, 0.25) is 0 Å². The number of pyridine rings is 1. The lowest BCUT2D eigenvalue weighted by atomic mass is 9.98. The highest BCUT2D eigenvalue weighted by atomic mass is 32.2. The standard InChI is InChI=1S/C17H26F3N5O3S/c1-3-21-16(24-12-14-4-7-22-15(10-14)28-2)23-11-13-5-8-25(9-6-13)29(26,27)17(18,19)20/h4,7,10,13H,3,5-6,8-9,11-12H2,1-2H3,(H2,21,23,24). The molecule has 2 rings (SSSR count). The molecule has 0 amide bonds. The van der Waals surface area contributed by atoms with Crippen molar-refractivity contribution in [1.82, 2.24) is 19.9 Å². The molecule has 29 heavy (non-hydrogen) atoms. The van der Waals surface area contributed by atoms with Crippen LogP contribution >= 0.6 is 0 Å². The number of rotatable bonds is 7. The number of alkyl halides is 3. The topological polar surface area (TPSA) is 95.9 Å². The quantitative estimate of drug-likeness (QED) is 0.498. The Bertz CT molecular complexity index is 794. The summed E-state index contributed by atoms with van der Waals surface area (Å²) in [5.41, 5.74) is -4.33. The molecule has 0 radical (unpaired) electrons. The van der Waals surface area contributed by atoms with E-state index in [9.17, 15) is 21.6 Å². The van der Waals surface area contributed by atoms with Gasteiger partial charge in [0, 0.05) is 38.4 Å². The predicted octanol–water partition coefficient (Wildman–Crippen LogP) is 1.71. The van der Waals surface area contributed by atoms with Gasteiger partial charge in [-0.3, -0.25) is 0 Å². The lowest BCUT2D eigenvalue weighted by Crippen LogP contribution is -2.47. The number of methoxy groups -OCH3 is 1. The molecule has 164 valence electrons. The molecule has 2 N–H and O–H groups in total. The summed E-state index contributed by atoms with van der Waals surface area (Å²) >= 11 is 0. The van der Waals surface area contributed by atoms with Gasteiger partial charge in [0.2, 0.25) is 5.88 Å². The van der Waals surface area contributed by atoms with E-state index in [2.05, 4.69) is 20.6 Å². The Hall–Kier alpha value is -2.08. The van der Waals surface area contributed by atoms with E-state index in [4.69, 9.17) is 4.74 Å². The Kier molecular flexibility index (Phi) is 8.08. The number of hydrogen-bond acceptors (Lipinski definition) is 5. The van der Waals surface area contributed by atoms with Gasteiger partial charge in [-0.25, -0.2) is 18.4 Å². The number of hydrogen-bond donors (Lipinski definition) is 2. The van der Waals surface area contributed by atoms with Crippen LogP contribution in [0.15, 0.2) is 23.3 Å². The molecule has 1 aromatic rings. The molecule has 1 aliphatic heterocycles. The van der Waals surface area contributed by atoms with E-state index in [0.29, 0.717) is 48.6 Å². The minimum absolute atomic E-state index is 0.0551. The van der Waals surface area contributed by atoms with Crippen molar-refractivity contribution in [3.8, 4) is 5.88 Å². The molecule has 0 aromatic carbocycles. The first-order chi connectivity index (χ1) is 13.7. The molecule has 2 heterocycles. The third kappa shape index (κ3) is 6.46. The van der Waals surface area contributed by atoms with E-state index in [1.807, 2.05) is 13.0 Å². The van der Waals surface area contributed by atoms with Gasteiger partial charge in [-0.15, -0.1) is 0 Å². The molecule has 0 spiro atoms. The number of aliphatic imine (C=N–C) groups is 1. The van der Waals surface area contributed by atoms with Crippen molar-refractivity contribution in [3.63, 3.8) is 0 Å². The second-order valence-electron chi connectivity index (χ2n) is 6.58. The molecule has 0 unspecified atom stereocenters. The van der Waals surface area contributed by atoms with Crippen LogP contribution in [-0.2, 0) is 16.6 Å². The number of guanidine groups is 1. The van der Waals surface area contributed by atoms with E-state index in [-0.39, 0.29) is 19.0 Å². The van der Waals surface area contributed by atoms with Gasteiger partial charge in [-0.1, -0.05) is 0 Å². The first-order valence-electron chi connectivity index (χ1n) is 9.25. The van der Waals surface area contributed by atoms with Crippen molar-refractivity contribution in [2.75, 3.05) is 33.3 Å². The number of piperidine rings is 1. The number of nitrogens with zero attached hydrogens (tertiary/aromatic N) is 3. The van der Waals surface area contributed by atoms with Crippen molar-refractivity contribution in [1.29, 1.82) is 0 Å². The SMILES string of the molecule is CCNC(=NCc1ccnc(OC)c1)NCC1CCN(S(=O)(=O)C(F)(F)F)CC1. The van der Waals surface area contributed by atoms with Gasteiger partial charge < -0.3 is 15.4 Å². The van der Waals surface area contributed by atoms with Crippen LogP contribution in [-0.4, -0.2) is 62.5 Å². The van der Waals surface area contributed by atoms with Crippen molar-refractivity contribution in [2.24, 2.45) is 10.9 Å². The van der Waals surface area contributed by atoms with Gasteiger partial charge in [-0.05, 0) is 37.3 Å². The monoisotopic (exact) mass is 437 g/mol. The van der Waals surface area contributed by atoms with Gasteiger partial charge in [0.25, 0.3) is 0 Å². The summed E-state index contributed by atoms with van der Waals surface area (Å²) in [6, 6.07) is 3.61. The minimum atomic E-state index is -5.25. The lowest BCUT2D eigenvalue weighted by Gasteiger charge is -2.31. The van der Waals surface area contributed by atoms with E-state index in [0.717, 1.165) is 5.56 Å². The second-order valence-corrected chi connectivity index (χ2v) is 8.51. The Morgan fingerprint density at radius 2 is 2.03 bits per heavy atom. The summed E-state index contributed by atoms with van der Waals surface area (Å²) in [6.07, 6.45) is 2.33. The molecular weight excluding hydrogens is 411 g/mol. The smallest absolute Gasteiger partial charge is 0.481 e. The number of aromatic nitrogens is 1. The van der Waals surface area contributed by atoms with Crippen molar-refractivity contribution >= 4 is 16.0 Å². The summed E-state index contributed by atoms with van der Waals surface area (Å²) in [5, 5.41) is 6.29. The molecule has 0 atom stereocenters. The molecule has 12 heteroatoms. The normalized spacial score (nSPS) is 17.2. The van der Waals surface area contributed by atoms with Crippen LogP contribution in [0.25, 0.3) is 0 Å². The van der Waals surface area contributed by atoms with Gasteiger partial charge in [0.1, 0.15) is 0 Å². The zero-order chi connectivity index (χ0) is 21.5. The van der Waals surface area contributed by atoms with E-state index in [1.165, 1.54) is 7.11 Å². The van der Waals surface area contributed by atoms with Crippen molar-refractivity contribution < 1.29 is 26.3 Å². The molecule has 8 nitrogen and oxygen atoms in total. The van der Waals surface area contributed by atoms with Crippen LogP contribution in [0.5, 0.6) is 5.88 Å². The van der Waals surface area contributed by atoms with Gasteiger partial charge >= 0.3 is 15.5 Å². The summed E-state index contributed by atoms with van der Waals surface area (Å²) in [6.45, 7) is 3.18. The molecular formula is C17H26F3N5O3S. The largest absolute Gasteiger partial charge is 0.511 e. The summed E-state index contributed by atoms with van der Waals surface area (Å²) in [7, 11) is -3.71. The zero-order valence-corrected chi connectivity index (χ0v) is 17.2. The third-order valence-electron chi connectivity index (χ3n) is 4.54. The molecule has 1 saturated heterocycles. The molecule has 0 saturated carbocycles. The second kappa shape index (κ2) is 10.1. The van der Waals surface area contributed by atoms with Gasteiger partial charge in [0.15, 0.2) is 5.96 Å². The van der Waals surface area contributed by atoms with E-state index < -0.39 is 15.5 Å². The summed E-state index contributed by atoms with van der Waals surface area (Å²) < 4.78 is 66.5. The Morgan fingerprint density at radius 1 is 1.34 bits per heavy atom. The Balaban J connectivity index is 1.88. The van der Waals surface area contributed by atoms with Crippen LogP contribution in [0, 0.1) is 5.92 Å². The number of sulfonamides is 1. The first kappa shape index (κ1) is 23.2. The fourth-order valence-corrected chi connectivity index (χ4v) is 3.90. The van der Waals surface area contributed by atoms with Crippen LogP contribution < -0.4 is 15.4 Å². The average Bonchev–Trinajstić information content (AvgIpc) is 2.69. The number of halogens is 3. The fraction of sp³-hybridized carbons (Fsp3) is 0.647. The fourth-order valence-electron chi connectivity index (χ4n) is 2.91.